The maximum atomic E-state index is 13.1. The predicted molar refractivity (Wildman–Crippen MR) is 78.4 cm³/mol. The van der Waals surface area contributed by atoms with Crippen LogP contribution in [0.25, 0.3) is 0 Å². The van der Waals surface area contributed by atoms with E-state index in [0.29, 0.717) is 37.2 Å². The van der Waals surface area contributed by atoms with E-state index in [1.165, 1.54) is 18.2 Å². The molecule has 1 aromatic carbocycles. The summed E-state index contributed by atoms with van der Waals surface area (Å²) in [5, 5.41) is 9.19. The van der Waals surface area contributed by atoms with Crippen LogP contribution in [0.15, 0.2) is 23.0 Å². The lowest BCUT2D eigenvalue weighted by Gasteiger charge is -2.16. The second kappa shape index (κ2) is 5.92. The van der Waals surface area contributed by atoms with Crippen LogP contribution in [0.2, 0.25) is 5.02 Å². The molecule has 2 N–H and O–H groups in total. The zero-order valence-corrected chi connectivity index (χ0v) is 12.4. The lowest BCUT2D eigenvalue weighted by molar-refractivity contribution is 0.0933. The molecule has 0 saturated carbocycles. The topological polar surface area (TPSA) is 79.8 Å². The summed E-state index contributed by atoms with van der Waals surface area (Å²) in [5.41, 5.74) is 0.0820. The molecule has 0 aliphatic carbocycles. The Morgan fingerprint density at radius 2 is 2.27 bits per heavy atom. The van der Waals surface area contributed by atoms with Gasteiger partial charge < -0.3 is 5.32 Å². The molecule has 1 unspecified atom stereocenters. The molecule has 3 rings (SSSR count). The van der Waals surface area contributed by atoms with E-state index in [-0.39, 0.29) is 22.7 Å². The van der Waals surface area contributed by atoms with Crippen LogP contribution in [-0.4, -0.2) is 26.7 Å². The van der Waals surface area contributed by atoms with E-state index in [1.54, 1.807) is 4.57 Å². The summed E-state index contributed by atoms with van der Waals surface area (Å²) in [6, 6.07) is 3.79. The van der Waals surface area contributed by atoms with Crippen molar-refractivity contribution in [3.63, 3.8) is 0 Å². The largest absolute Gasteiger partial charge is 0.349 e. The van der Waals surface area contributed by atoms with Crippen molar-refractivity contribution in [1.29, 1.82) is 0 Å². The van der Waals surface area contributed by atoms with Gasteiger partial charge in [-0.05, 0) is 31.0 Å². The van der Waals surface area contributed by atoms with Crippen molar-refractivity contribution in [3.8, 4) is 0 Å². The molecule has 0 spiro atoms. The van der Waals surface area contributed by atoms with Crippen LogP contribution in [0.5, 0.6) is 0 Å². The quantitative estimate of drug-likeness (QED) is 0.878. The Bertz CT molecular complexity index is 770. The van der Waals surface area contributed by atoms with Gasteiger partial charge in [-0.1, -0.05) is 11.6 Å². The molecule has 1 aliphatic heterocycles. The molecule has 1 aliphatic rings. The third-order valence-electron chi connectivity index (χ3n) is 3.77. The lowest BCUT2D eigenvalue weighted by Crippen LogP contribution is -2.35. The minimum atomic E-state index is -0.558. The SMILES string of the molecule is O=C(NC1CCc2n[nH]c(=O)n2CC1)c1ccc(F)c(Cl)c1. The molecular formula is C14H14ClFN4O2. The number of rotatable bonds is 2. The van der Waals surface area contributed by atoms with Crippen LogP contribution in [-0.2, 0) is 13.0 Å². The van der Waals surface area contributed by atoms with Crippen molar-refractivity contribution < 1.29 is 9.18 Å². The normalized spacial score (nSPS) is 17.6. The summed E-state index contributed by atoms with van der Waals surface area (Å²) in [6.07, 6.45) is 1.92. The number of nitrogens with one attached hydrogen (secondary N) is 2. The van der Waals surface area contributed by atoms with Crippen LogP contribution in [0.4, 0.5) is 4.39 Å². The smallest absolute Gasteiger partial charge is 0.343 e. The monoisotopic (exact) mass is 324 g/mol. The molecule has 0 saturated heterocycles. The van der Waals surface area contributed by atoms with Crippen molar-refractivity contribution in [2.24, 2.45) is 0 Å². The van der Waals surface area contributed by atoms with Gasteiger partial charge in [0.2, 0.25) is 0 Å². The molecule has 2 heterocycles. The number of benzene rings is 1. The number of aryl methyl sites for hydroxylation is 1. The van der Waals surface area contributed by atoms with Gasteiger partial charge in [-0.15, -0.1) is 0 Å². The number of aromatic amines is 1. The van der Waals surface area contributed by atoms with Gasteiger partial charge in [-0.2, -0.15) is 5.10 Å². The number of carbonyl (C=O) groups excluding carboxylic acids is 1. The summed E-state index contributed by atoms with van der Waals surface area (Å²) in [4.78, 5) is 23.7. The maximum Gasteiger partial charge on any atom is 0.343 e. The van der Waals surface area contributed by atoms with Gasteiger partial charge in [0.05, 0.1) is 5.02 Å². The van der Waals surface area contributed by atoms with E-state index in [2.05, 4.69) is 15.5 Å². The van der Waals surface area contributed by atoms with Crippen molar-refractivity contribution in [1.82, 2.24) is 20.1 Å². The molecule has 2 aromatic rings. The zero-order valence-electron chi connectivity index (χ0n) is 11.6. The van der Waals surface area contributed by atoms with Crippen LogP contribution < -0.4 is 11.0 Å². The first kappa shape index (κ1) is 14.8. The number of nitrogens with zero attached hydrogens (tertiary/aromatic N) is 2. The molecule has 22 heavy (non-hydrogen) atoms. The fraction of sp³-hybridized carbons (Fsp3) is 0.357. The highest BCUT2D eigenvalue weighted by Gasteiger charge is 2.21. The van der Waals surface area contributed by atoms with E-state index in [9.17, 15) is 14.0 Å². The molecular weight excluding hydrogens is 311 g/mol. The average molecular weight is 325 g/mol. The van der Waals surface area contributed by atoms with Gasteiger partial charge in [0.25, 0.3) is 5.91 Å². The van der Waals surface area contributed by atoms with E-state index < -0.39 is 5.82 Å². The van der Waals surface area contributed by atoms with Crippen LogP contribution in [0.3, 0.4) is 0 Å². The molecule has 1 amide bonds. The van der Waals surface area contributed by atoms with Crippen molar-refractivity contribution in [2.45, 2.75) is 31.8 Å². The Labute approximate surface area is 130 Å². The number of hydrogen-bond acceptors (Lipinski definition) is 3. The number of H-pyrrole nitrogens is 1. The molecule has 1 aromatic heterocycles. The van der Waals surface area contributed by atoms with Gasteiger partial charge >= 0.3 is 5.69 Å². The maximum absolute atomic E-state index is 13.1. The lowest BCUT2D eigenvalue weighted by atomic mass is 10.1. The predicted octanol–water partition coefficient (Wildman–Crippen LogP) is 1.50. The molecule has 1 atom stereocenters. The molecule has 0 fully saturated rings. The first-order valence-electron chi connectivity index (χ1n) is 6.94. The highest BCUT2D eigenvalue weighted by molar-refractivity contribution is 6.31. The van der Waals surface area contributed by atoms with E-state index in [0.717, 1.165) is 0 Å². The number of hydrogen-bond donors (Lipinski definition) is 2. The van der Waals surface area contributed by atoms with Gasteiger partial charge in [-0.3, -0.25) is 9.36 Å². The summed E-state index contributed by atoms with van der Waals surface area (Å²) in [5.74, 6) is -0.163. The van der Waals surface area contributed by atoms with Crippen molar-refractivity contribution >= 4 is 17.5 Å². The number of amides is 1. The third kappa shape index (κ3) is 2.89. The van der Waals surface area contributed by atoms with E-state index in [4.69, 9.17) is 11.6 Å². The van der Waals surface area contributed by atoms with Crippen LogP contribution >= 0.6 is 11.6 Å². The highest BCUT2D eigenvalue weighted by atomic mass is 35.5. The number of halogens is 2. The first-order valence-corrected chi connectivity index (χ1v) is 7.32. The van der Waals surface area contributed by atoms with Crippen molar-refractivity contribution in [3.05, 3.63) is 50.9 Å². The Kier molecular flexibility index (Phi) is 3.98. The fourth-order valence-electron chi connectivity index (χ4n) is 2.55. The third-order valence-corrected chi connectivity index (χ3v) is 4.06. The summed E-state index contributed by atoms with van der Waals surface area (Å²) in [7, 11) is 0. The van der Waals surface area contributed by atoms with E-state index in [1.807, 2.05) is 0 Å². The average Bonchev–Trinajstić information content (AvgIpc) is 2.72. The Hall–Kier alpha value is -2.15. The minimum absolute atomic E-state index is 0.0718. The minimum Gasteiger partial charge on any atom is -0.349 e. The molecule has 6 nitrogen and oxygen atoms in total. The highest BCUT2D eigenvalue weighted by Crippen LogP contribution is 2.17. The number of carbonyl (C=O) groups is 1. The van der Waals surface area contributed by atoms with Crippen LogP contribution in [0.1, 0.15) is 29.0 Å². The van der Waals surface area contributed by atoms with Gasteiger partial charge in [0.1, 0.15) is 11.6 Å². The molecule has 8 heteroatoms. The molecule has 0 bridgehead atoms. The zero-order chi connectivity index (χ0) is 15.7. The second-order valence-electron chi connectivity index (χ2n) is 5.22. The van der Waals surface area contributed by atoms with Crippen LogP contribution in [0, 0.1) is 5.82 Å². The Morgan fingerprint density at radius 3 is 3.05 bits per heavy atom. The summed E-state index contributed by atoms with van der Waals surface area (Å²) >= 11 is 5.69. The first-order chi connectivity index (χ1) is 10.5. The second-order valence-corrected chi connectivity index (χ2v) is 5.63. The van der Waals surface area contributed by atoms with E-state index >= 15 is 0 Å². The van der Waals surface area contributed by atoms with Gasteiger partial charge in [0, 0.05) is 24.6 Å². The van der Waals surface area contributed by atoms with Gasteiger partial charge in [-0.25, -0.2) is 14.3 Å². The number of aromatic nitrogens is 3. The Balaban J connectivity index is 1.67. The van der Waals surface area contributed by atoms with Crippen molar-refractivity contribution in [2.75, 3.05) is 0 Å². The standard InChI is InChI=1S/C14H14ClFN4O2/c15-10-7-8(1-3-11(10)16)13(21)17-9-2-4-12-18-19-14(22)20(12)6-5-9/h1,3,7,9H,2,4-6H2,(H,17,21)(H,19,22). The van der Waals surface area contributed by atoms with Gasteiger partial charge in [0.15, 0.2) is 0 Å². The number of fused-ring (bicyclic) bond motifs is 1. The Morgan fingerprint density at radius 1 is 1.45 bits per heavy atom. The summed E-state index contributed by atoms with van der Waals surface area (Å²) < 4.78 is 14.7. The fourth-order valence-corrected chi connectivity index (χ4v) is 2.74. The molecule has 0 radical (unpaired) electrons. The molecule has 116 valence electrons. The summed E-state index contributed by atoms with van der Waals surface area (Å²) in [6.45, 7) is 0.500.